The van der Waals surface area contributed by atoms with Crippen molar-refractivity contribution in [2.45, 2.75) is 68.4 Å². The molecule has 2 heterocycles. The molecule has 0 saturated heterocycles. The van der Waals surface area contributed by atoms with Gasteiger partial charge in [0.05, 0.1) is 5.54 Å². The Hall–Kier alpha value is -3.88. The van der Waals surface area contributed by atoms with Crippen molar-refractivity contribution in [1.29, 1.82) is 0 Å². The van der Waals surface area contributed by atoms with Gasteiger partial charge in [0, 0.05) is 23.6 Å². The van der Waals surface area contributed by atoms with Crippen molar-refractivity contribution in [3.8, 4) is 22.6 Å². The van der Waals surface area contributed by atoms with Crippen LogP contribution < -0.4 is 20.1 Å². The second kappa shape index (κ2) is 8.33. The summed E-state index contributed by atoms with van der Waals surface area (Å²) in [6, 6.07) is 13.0. The molecule has 0 unspecified atom stereocenters. The van der Waals surface area contributed by atoms with E-state index in [1.54, 1.807) is 6.07 Å². The van der Waals surface area contributed by atoms with E-state index in [1.165, 1.54) is 5.57 Å². The van der Waals surface area contributed by atoms with Crippen molar-refractivity contribution in [2.24, 2.45) is 5.41 Å². The van der Waals surface area contributed by atoms with Gasteiger partial charge < -0.3 is 24.5 Å². The SMILES string of the molecule is O=C(NC1(C(=O)NC2(C3=CC34CC4)CC2)CCC(F)(F)CC1)c1cc2ccc(-c3ccc4c(c3)OCCO4)cc2o1. The molecular weight excluding hydrogens is 530 g/mol. The van der Waals surface area contributed by atoms with E-state index in [-0.39, 0.29) is 35.5 Å². The predicted molar refractivity (Wildman–Crippen MR) is 146 cm³/mol. The molecule has 0 bridgehead atoms. The molecule has 0 atom stereocenters. The number of allylic oxidation sites excluding steroid dienone is 1. The minimum Gasteiger partial charge on any atom is -0.486 e. The fraction of sp³-hybridized carbons (Fsp3) is 0.438. The largest absolute Gasteiger partial charge is 0.486 e. The summed E-state index contributed by atoms with van der Waals surface area (Å²) in [5.74, 6) is -2.41. The van der Waals surface area contributed by atoms with Crippen LogP contribution in [0.3, 0.4) is 0 Å². The van der Waals surface area contributed by atoms with Crippen LogP contribution in [-0.4, -0.2) is 42.0 Å². The summed E-state index contributed by atoms with van der Waals surface area (Å²) >= 11 is 0. The van der Waals surface area contributed by atoms with Crippen LogP contribution in [-0.2, 0) is 4.79 Å². The number of fused-ring (bicyclic) bond motifs is 2. The van der Waals surface area contributed by atoms with Crippen LogP contribution in [0, 0.1) is 5.41 Å². The lowest BCUT2D eigenvalue weighted by Gasteiger charge is -2.40. The highest BCUT2D eigenvalue weighted by Crippen LogP contribution is 2.71. The molecule has 1 aliphatic heterocycles. The van der Waals surface area contributed by atoms with Crippen molar-refractivity contribution in [2.75, 3.05) is 13.2 Å². The second-order valence-electron chi connectivity index (χ2n) is 12.4. The van der Waals surface area contributed by atoms with Crippen LogP contribution in [0.1, 0.15) is 61.9 Å². The minimum absolute atomic E-state index is 0.0341. The van der Waals surface area contributed by atoms with Gasteiger partial charge in [0.2, 0.25) is 11.8 Å². The summed E-state index contributed by atoms with van der Waals surface area (Å²) in [6.07, 6.45) is 5.00. The Morgan fingerprint density at radius 1 is 0.756 bits per heavy atom. The van der Waals surface area contributed by atoms with Crippen LogP contribution in [0.25, 0.3) is 22.1 Å². The van der Waals surface area contributed by atoms with Gasteiger partial charge in [0.25, 0.3) is 5.91 Å². The molecule has 3 saturated carbocycles. The van der Waals surface area contributed by atoms with Crippen LogP contribution in [0.15, 0.2) is 58.5 Å². The molecule has 1 aromatic heterocycles. The molecule has 7 nitrogen and oxygen atoms in total. The van der Waals surface area contributed by atoms with Crippen LogP contribution in [0.5, 0.6) is 11.5 Å². The summed E-state index contributed by atoms with van der Waals surface area (Å²) in [5, 5.41) is 6.74. The number of benzene rings is 2. The zero-order chi connectivity index (χ0) is 28.0. The number of rotatable bonds is 6. The number of carbonyl (C=O) groups is 2. The molecule has 3 aromatic rings. The molecule has 3 fully saturated rings. The second-order valence-corrected chi connectivity index (χ2v) is 12.4. The number of hydrogen-bond acceptors (Lipinski definition) is 5. The van der Waals surface area contributed by atoms with E-state index in [9.17, 15) is 18.4 Å². The van der Waals surface area contributed by atoms with Crippen molar-refractivity contribution in [1.82, 2.24) is 10.6 Å². The summed E-state index contributed by atoms with van der Waals surface area (Å²) < 4.78 is 45.7. The van der Waals surface area contributed by atoms with Crippen molar-refractivity contribution in [3.05, 3.63) is 59.9 Å². The molecule has 8 rings (SSSR count). The van der Waals surface area contributed by atoms with Gasteiger partial charge in [-0.2, -0.15) is 0 Å². The van der Waals surface area contributed by atoms with E-state index in [2.05, 4.69) is 16.7 Å². The molecule has 1 spiro atoms. The molecule has 4 aliphatic carbocycles. The zero-order valence-corrected chi connectivity index (χ0v) is 22.5. The van der Waals surface area contributed by atoms with Gasteiger partial charge >= 0.3 is 0 Å². The third kappa shape index (κ3) is 4.19. The first-order valence-electron chi connectivity index (χ1n) is 14.4. The fourth-order valence-corrected chi connectivity index (χ4v) is 6.60. The normalized spacial score (nSPS) is 23.4. The summed E-state index contributed by atoms with van der Waals surface area (Å²) in [5.41, 5.74) is 1.98. The molecule has 9 heteroatoms. The van der Waals surface area contributed by atoms with Crippen molar-refractivity contribution in [3.63, 3.8) is 0 Å². The Kier molecular flexibility index (Phi) is 5.06. The standard InChI is InChI=1S/C32H30F2N2O5/c33-32(34)11-9-31(10-12-32,28(38)36-30(7-8-30)26-18-29(26)5-6-29)35-27(37)25-17-21-2-1-19(15-23(21)41-25)20-3-4-22-24(16-20)40-14-13-39-22/h1-4,15-18H,5-14H2,(H,35,37)(H,36,38). The Balaban J connectivity index is 1.04. The first kappa shape index (κ1) is 24.9. The predicted octanol–water partition coefficient (Wildman–Crippen LogP) is 5.92. The van der Waals surface area contributed by atoms with E-state index in [0.717, 1.165) is 42.2 Å². The maximum Gasteiger partial charge on any atom is 0.287 e. The van der Waals surface area contributed by atoms with Gasteiger partial charge in [-0.3, -0.25) is 9.59 Å². The number of furan rings is 1. The number of nitrogens with one attached hydrogen (secondary N) is 2. The highest BCUT2D eigenvalue weighted by molar-refractivity contribution is 6.01. The number of alkyl halides is 2. The lowest BCUT2D eigenvalue weighted by molar-refractivity contribution is -0.133. The van der Waals surface area contributed by atoms with Gasteiger partial charge in [-0.15, -0.1) is 0 Å². The highest BCUT2D eigenvalue weighted by Gasteiger charge is 2.66. The lowest BCUT2D eigenvalue weighted by Crippen LogP contribution is -2.63. The van der Waals surface area contributed by atoms with E-state index >= 15 is 0 Å². The van der Waals surface area contributed by atoms with Crippen molar-refractivity contribution >= 4 is 22.8 Å². The number of hydrogen-bond donors (Lipinski definition) is 2. The van der Waals surface area contributed by atoms with Gasteiger partial charge in [0.1, 0.15) is 24.3 Å². The molecule has 2 N–H and O–H groups in total. The topological polar surface area (TPSA) is 89.8 Å². The van der Waals surface area contributed by atoms with Crippen LogP contribution >= 0.6 is 0 Å². The van der Waals surface area contributed by atoms with Gasteiger partial charge in [-0.1, -0.05) is 24.3 Å². The van der Waals surface area contributed by atoms with E-state index < -0.39 is 30.2 Å². The summed E-state index contributed by atoms with van der Waals surface area (Å²) in [7, 11) is 0. The van der Waals surface area contributed by atoms with Gasteiger partial charge in [-0.25, -0.2) is 8.78 Å². The Bertz CT molecular complexity index is 1640. The first-order valence-corrected chi connectivity index (χ1v) is 14.4. The smallest absolute Gasteiger partial charge is 0.287 e. The van der Waals surface area contributed by atoms with Gasteiger partial charge in [0.15, 0.2) is 17.3 Å². The summed E-state index contributed by atoms with van der Waals surface area (Å²) in [6.45, 7) is 1.00. The third-order valence-corrected chi connectivity index (χ3v) is 9.52. The average molecular weight is 561 g/mol. The molecular formula is C32H30F2N2O5. The lowest BCUT2D eigenvalue weighted by atomic mass is 9.78. The molecule has 212 valence electrons. The maximum absolute atomic E-state index is 14.2. The number of halogens is 2. The van der Waals surface area contributed by atoms with Crippen molar-refractivity contribution < 1.29 is 32.3 Å². The minimum atomic E-state index is -2.85. The van der Waals surface area contributed by atoms with Crippen LogP contribution in [0.2, 0.25) is 0 Å². The number of amides is 2. The average Bonchev–Trinajstić information content (AvgIpc) is 3.93. The monoisotopic (exact) mass is 560 g/mol. The van der Waals surface area contributed by atoms with E-state index in [0.29, 0.717) is 30.3 Å². The quantitative estimate of drug-likeness (QED) is 0.366. The maximum atomic E-state index is 14.2. The Morgan fingerprint density at radius 3 is 2.17 bits per heavy atom. The molecule has 41 heavy (non-hydrogen) atoms. The zero-order valence-electron chi connectivity index (χ0n) is 22.5. The number of ether oxygens (including phenoxy) is 2. The van der Waals surface area contributed by atoms with E-state index in [1.807, 2.05) is 36.4 Å². The van der Waals surface area contributed by atoms with Gasteiger partial charge in [-0.05, 0) is 79.5 Å². The van der Waals surface area contributed by atoms with Crippen LogP contribution in [0.4, 0.5) is 8.78 Å². The number of carbonyl (C=O) groups excluding carboxylic acids is 2. The summed E-state index contributed by atoms with van der Waals surface area (Å²) in [4.78, 5) is 27.2. The molecule has 5 aliphatic rings. The fourth-order valence-electron chi connectivity index (χ4n) is 6.60. The molecule has 2 aromatic carbocycles. The van der Waals surface area contributed by atoms with E-state index in [4.69, 9.17) is 13.9 Å². The molecule has 0 radical (unpaired) electrons. The Morgan fingerprint density at radius 2 is 1.46 bits per heavy atom. The highest BCUT2D eigenvalue weighted by atomic mass is 19.3. The third-order valence-electron chi connectivity index (χ3n) is 9.52. The first-order chi connectivity index (χ1) is 19.7. The Labute approximate surface area is 235 Å². The molecule has 2 amide bonds.